The van der Waals surface area contributed by atoms with Gasteiger partial charge in [-0.05, 0) is 30.5 Å². The number of hydrogen-bond acceptors (Lipinski definition) is 5. The number of nitrogens with one attached hydrogen (secondary N) is 2. The Labute approximate surface area is 171 Å². The van der Waals surface area contributed by atoms with Crippen molar-refractivity contribution in [3.05, 3.63) is 41.8 Å². The third-order valence-electron chi connectivity index (χ3n) is 5.88. The fourth-order valence-corrected chi connectivity index (χ4v) is 4.56. The van der Waals surface area contributed by atoms with Crippen LogP contribution < -0.4 is 15.5 Å². The smallest absolute Gasteiger partial charge is 0.322 e. The Kier molecular flexibility index (Phi) is 3.99. The molecule has 0 saturated carbocycles. The first-order valence-electron chi connectivity index (χ1n) is 9.41. The fourth-order valence-electron chi connectivity index (χ4n) is 4.28. The molecule has 148 valence electrons. The lowest BCUT2D eigenvalue weighted by atomic mass is 9.87. The molecule has 2 saturated heterocycles. The van der Waals surface area contributed by atoms with Crippen LogP contribution in [0, 0.1) is 0 Å². The lowest BCUT2D eigenvalue weighted by molar-refractivity contribution is -0.124. The Bertz CT molecular complexity index is 1150. The number of anilines is 1. The molecule has 0 bridgehead atoms. The van der Waals surface area contributed by atoms with Gasteiger partial charge in [0.15, 0.2) is 0 Å². The average molecular weight is 411 g/mol. The molecule has 3 aromatic rings. The van der Waals surface area contributed by atoms with Crippen LogP contribution in [-0.4, -0.2) is 45.3 Å². The molecule has 1 spiro atoms. The second-order valence-electron chi connectivity index (χ2n) is 7.54. The second kappa shape index (κ2) is 6.45. The zero-order chi connectivity index (χ0) is 20.2. The van der Waals surface area contributed by atoms with Gasteiger partial charge in [0, 0.05) is 43.5 Å². The van der Waals surface area contributed by atoms with Gasteiger partial charge in [-0.3, -0.25) is 19.8 Å². The number of aryl methyl sites for hydroxylation is 1. The molecule has 2 N–H and O–H groups in total. The highest BCUT2D eigenvalue weighted by Gasteiger charge is 2.48. The summed E-state index contributed by atoms with van der Waals surface area (Å²) in [6.45, 7) is 1.19. The van der Waals surface area contributed by atoms with Crippen molar-refractivity contribution >= 4 is 40.1 Å². The van der Waals surface area contributed by atoms with Crippen molar-refractivity contribution < 1.29 is 9.59 Å². The minimum Gasteiger partial charge on any atom is -0.370 e. The number of amides is 3. The number of carbonyl (C=O) groups is 2. The highest BCUT2D eigenvalue weighted by atomic mass is 35.5. The summed E-state index contributed by atoms with van der Waals surface area (Å²) in [5.74, 6) is -0.245. The number of benzene rings is 1. The first kappa shape index (κ1) is 17.9. The monoisotopic (exact) mass is 410 g/mol. The normalized spacial score (nSPS) is 18.3. The zero-order valence-electron chi connectivity index (χ0n) is 15.8. The third kappa shape index (κ3) is 2.82. The van der Waals surface area contributed by atoms with Crippen LogP contribution in [0.2, 0.25) is 5.02 Å². The van der Waals surface area contributed by atoms with Gasteiger partial charge in [-0.1, -0.05) is 17.7 Å². The van der Waals surface area contributed by atoms with Crippen LogP contribution in [-0.2, 0) is 11.8 Å². The topological polar surface area (TPSA) is 92.2 Å². The van der Waals surface area contributed by atoms with E-state index in [2.05, 4.69) is 31.7 Å². The molecule has 2 fully saturated rings. The fraction of sp³-hybridized carbons (Fsp3) is 0.300. The predicted molar refractivity (Wildman–Crippen MR) is 110 cm³/mol. The summed E-state index contributed by atoms with van der Waals surface area (Å²) in [5, 5.41) is 11.0. The van der Waals surface area contributed by atoms with E-state index in [4.69, 9.17) is 11.6 Å². The summed E-state index contributed by atoms with van der Waals surface area (Å²) in [4.78, 5) is 30.3. The zero-order valence-corrected chi connectivity index (χ0v) is 16.5. The van der Waals surface area contributed by atoms with Crippen molar-refractivity contribution in [2.24, 2.45) is 7.05 Å². The molecule has 29 heavy (non-hydrogen) atoms. The van der Waals surface area contributed by atoms with E-state index in [1.165, 1.54) is 0 Å². The van der Waals surface area contributed by atoms with E-state index in [0.717, 1.165) is 27.7 Å². The van der Waals surface area contributed by atoms with E-state index in [1.54, 1.807) is 6.20 Å². The maximum atomic E-state index is 12.2. The Morgan fingerprint density at radius 3 is 2.66 bits per heavy atom. The van der Waals surface area contributed by atoms with E-state index < -0.39 is 11.6 Å². The van der Waals surface area contributed by atoms with Crippen LogP contribution in [0.5, 0.6) is 0 Å². The number of imide groups is 1. The van der Waals surface area contributed by atoms with E-state index in [-0.39, 0.29) is 5.91 Å². The number of nitrogens with zero attached hydrogens (tertiary/aromatic N) is 4. The maximum Gasteiger partial charge on any atom is 0.322 e. The molecule has 0 atom stereocenters. The quantitative estimate of drug-likeness (QED) is 0.633. The van der Waals surface area contributed by atoms with Crippen LogP contribution in [0.4, 0.5) is 10.5 Å². The number of pyridine rings is 1. The summed E-state index contributed by atoms with van der Waals surface area (Å²) in [5.41, 5.74) is 3.06. The third-order valence-corrected chi connectivity index (χ3v) is 6.15. The number of aromatic nitrogens is 3. The SMILES string of the molecule is Cn1ncc2cc(-c3cncc(Cl)c3N3CCC4(CC3)NC(=O)NC4=O)ccc21. The Balaban J connectivity index is 1.50. The molecule has 0 unspecified atom stereocenters. The maximum absolute atomic E-state index is 12.2. The van der Waals surface area contributed by atoms with Gasteiger partial charge in [0.2, 0.25) is 0 Å². The molecule has 3 amide bonds. The number of fused-ring (bicyclic) bond motifs is 1. The molecular formula is C20H19ClN6O2. The minimum absolute atomic E-state index is 0.245. The highest BCUT2D eigenvalue weighted by Crippen LogP contribution is 2.39. The number of hydrogen-bond donors (Lipinski definition) is 2. The van der Waals surface area contributed by atoms with Crippen molar-refractivity contribution in [2.45, 2.75) is 18.4 Å². The Hall–Kier alpha value is -3.13. The van der Waals surface area contributed by atoms with Gasteiger partial charge < -0.3 is 10.2 Å². The van der Waals surface area contributed by atoms with Gasteiger partial charge in [-0.2, -0.15) is 5.10 Å². The molecule has 9 heteroatoms. The number of urea groups is 1. The first-order valence-corrected chi connectivity index (χ1v) is 9.79. The van der Waals surface area contributed by atoms with Crippen molar-refractivity contribution in [3.8, 4) is 11.1 Å². The van der Waals surface area contributed by atoms with Crippen molar-refractivity contribution in [3.63, 3.8) is 0 Å². The number of rotatable bonds is 2. The average Bonchev–Trinajstić information content (AvgIpc) is 3.21. The molecule has 4 heterocycles. The molecule has 0 radical (unpaired) electrons. The van der Waals surface area contributed by atoms with E-state index in [0.29, 0.717) is 31.0 Å². The minimum atomic E-state index is -0.818. The standard InChI is InChI=1S/C20H19ClN6O2/c1-26-16-3-2-12(8-13(16)9-23-26)14-10-22-11-15(21)17(14)27-6-4-20(5-7-27)18(28)24-19(29)25-20/h2-3,8-11H,4-7H2,1H3,(H2,24,25,28,29). The number of piperidine rings is 1. The lowest BCUT2D eigenvalue weighted by Gasteiger charge is -2.39. The van der Waals surface area contributed by atoms with Gasteiger partial charge in [0.25, 0.3) is 5.91 Å². The van der Waals surface area contributed by atoms with Gasteiger partial charge in [0.05, 0.1) is 22.4 Å². The highest BCUT2D eigenvalue weighted by molar-refractivity contribution is 6.34. The molecule has 8 nitrogen and oxygen atoms in total. The predicted octanol–water partition coefficient (Wildman–Crippen LogP) is 2.47. The summed E-state index contributed by atoms with van der Waals surface area (Å²) in [6, 6.07) is 5.73. The Morgan fingerprint density at radius 1 is 1.14 bits per heavy atom. The van der Waals surface area contributed by atoms with E-state index in [9.17, 15) is 9.59 Å². The van der Waals surface area contributed by atoms with Crippen LogP contribution in [0.3, 0.4) is 0 Å². The summed E-state index contributed by atoms with van der Waals surface area (Å²) in [7, 11) is 1.91. The number of halogens is 1. The Morgan fingerprint density at radius 2 is 1.93 bits per heavy atom. The van der Waals surface area contributed by atoms with E-state index in [1.807, 2.05) is 36.3 Å². The van der Waals surface area contributed by atoms with Crippen LogP contribution in [0.15, 0.2) is 36.8 Å². The van der Waals surface area contributed by atoms with Crippen LogP contribution in [0.25, 0.3) is 22.0 Å². The molecule has 2 aliphatic rings. The molecular weight excluding hydrogens is 392 g/mol. The molecule has 2 aromatic heterocycles. The van der Waals surface area contributed by atoms with Crippen LogP contribution >= 0.6 is 11.6 Å². The van der Waals surface area contributed by atoms with Crippen molar-refractivity contribution in [2.75, 3.05) is 18.0 Å². The van der Waals surface area contributed by atoms with Crippen molar-refractivity contribution in [1.82, 2.24) is 25.4 Å². The second-order valence-corrected chi connectivity index (χ2v) is 7.94. The summed E-state index contributed by atoms with van der Waals surface area (Å²) >= 11 is 6.57. The molecule has 1 aromatic carbocycles. The van der Waals surface area contributed by atoms with Gasteiger partial charge >= 0.3 is 6.03 Å². The lowest BCUT2D eigenvalue weighted by Crippen LogP contribution is -2.55. The summed E-state index contributed by atoms with van der Waals surface area (Å²) < 4.78 is 1.83. The van der Waals surface area contributed by atoms with Gasteiger partial charge in [-0.15, -0.1) is 0 Å². The van der Waals surface area contributed by atoms with Crippen LogP contribution in [0.1, 0.15) is 12.8 Å². The first-order chi connectivity index (χ1) is 14.0. The van der Waals surface area contributed by atoms with Gasteiger partial charge in [-0.25, -0.2) is 4.79 Å². The van der Waals surface area contributed by atoms with Gasteiger partial charge in [0.1, 0.15) is 5.54 Å². The van der Waals surface area contributed by atoms with Crippen molar-refractivity contribution in [1.29, 1.82) is 0 Å². The largest absolute Gasteiger partial charge is 0.370 e. The van der Waals surface area contributed by atoms with E-state index >= 15 is 0 Å². The summed E-state index contributed by atoms with van der Waals surface area (Å²) in [6.07, 6.45) is 6.32. The molecule has 0 aliphatic carbocycles. The molecule has 5 rings (SSSR count). The molecule has 2 aliphatic heterocycles. The number of carbonyl (C=O) groups excluding carboxylic acids is 2.